The normalized spacial score (nSPS) is 10.9. The summed E-state index contributed by atoms with van der Waals surface area (Å²) >= 11 is 1.65. The molecule has 0 aliphatic heterocycles. The molecule has 7 heteroatoms. The van der Waals surface area contributed by atoms with Crippen molar-refractivity contribution < 1.29 is 9.53 Å². The largest absolute Gasteiger partial charge is 0.383 e. The number of aromatic nitrogens is 2. The quantitative estimate of drug-likeness (QED) is 0.577. The van der Waals surface area contributed by atoms with E-state index in [0.717, 1.165) is 21.8 Å². The molecule has 0 saturated carbocycles. The van der Waals surface area contributed by atoms with Gasteiger partial charge < -0.3 is 15.0 Å². The fourth-order valence-corrected chi connectivity index (χ4v) is 3.45. The Morgan fingerprint density at radius 2 is 2.07 bits per heavy atom. The first-order chi connectivity index (χ1) is 13.2. The molecule has 3 aromatic rings. The maximum Gasteiger partial charge on any atom is 0.236 e. The van der Waals surface area contributed by atoms with Crippen LogP contribution in [-0.2, 0) is 16.1 Å². The van der Waals surface area contributed by atoms with Gasteiger partial charge in [-0.1, -0.05) is 24.3 Å². The molecule has 6 nitrogen and oxygen atoms in total. The van der Waals surface area contributed by atoms with Gasteiger partial charge >= 0.3 is 0 Å². The number of amides is 1. The lowest BCUT2D eigenvalue weighted by atomic mass is 10.2. The highest BCUT2D eigenvalue weighted by Gasteiger charge is 2.17. The molecule has 0 bridgehead atoms. The Morgan fingerprint density at radius 3 is 2.78 bits per heavy atom. The molecule has 0 saturated heterocycles. The van der Waals surface area contributed by atoms with Crippen molar-refractivity contribution in [3.63, 3.8) is 0 Å². The summed E-state index contributed by atoms with van der Waals surface area (Å²) in [5.41, 5.74) is 2.94. The number of benzene rings is 1. The highest BCUT2D eigenvalue weighted by Crippen LogP contribution is 2.28. The van der Waals surface area contributed by atoms with Crippen molar-refractivity contribution in [2.75, 3.05) is 33.9 Å². The molecule has 27 heavy (non-hydrogen) atoms. The predicted octanol–water partition coefficient (Wildman–Crippen LogP) is 2.80. The van der Waals surface area contributed by atoms with Gasteiger partial charge in [-0.05, 0) is 23.6 Å². The molecule has 0 fully saturated rings. The van der Waals surface area contributed by atoms with Crippen LogP contribution in [0.3, 0.4) is 0 Å². The Labute approximate surface area is 163 Å². The van der Waals surface area contributed by atoms with E-state index < -0.39 is 0 Å². The molecule has 1 amide bonds. The third-order valence-corrected chi connectivity index (χ3v) is 5.03. The number of carbonyl (C=O) groups is 1. The topological polar surface area (TPSA) is 59.4 Å². The number of rotatable bonds is 9. The van der Waals surface area contributed by atoms with Crippen LogP contribution in [0.25, 0.3) is 16.3 Å². The molecule has 0 aliphatic carbocycles. The predicted molar refractivity (Wildman–Crippen MR) is 108 cm³/mol. The highest BCUT2D eigenvalue weighted by atomic mass is 32.1. The Bertz CT molecular complexity index is 846. The summed E-state index contributed by atoms with van der Waals surface area (Å²) in [6, 6.07) is 14.1. The van der Waals surface area contributed by atoms with E-state index in [2.05, 4.69) is 11.4 Å². The number of para-hydroxylation sites is 1. The van der Waals surface area contributed by atoms with Gasteiger partial charge in [0.15, 0.2) is 0 Å². The second-order valence-electron chi connectivity index (χ2n) is 6.18. The Hall–Kier alpha value is -2.48. The monoisotopic (exact) mass is 384 g/mol. The summed E-state index contributed by atoms with van der Waals surface area (Å²) in [5.74, 6) is 0.0377. The Morgan fingerprint density at radius 1 is 1.26 bits per heavy atom. The van der Waals surface area contributed by atoms with Gasteiger partial charge in [0, 0.05) is 39.0 Å². The van der Waals surface area contributed by atoms with E-state index in [9.17, 15) is 4.79 Å². The summed E-state index contributed by atoms with van der Waals surface area (Å²) < 4.78 is 6.86. The van der Waals surface area contributed by atoms with Crippen molar-refractivity contribution in [1.82, 2.24) is 20.0 Å². The number of hydrogen-bond donors (Lipinski definition) is 1. The Kier molecular flexibility index (Phi) is 6.75. The van der Waals surface area contributed by atoms with E-state index in [-0.39, 0.29) is 5.91 Å². The summed E-state index contributed by atoms with van der Waals surface area (Å²) in [6.45, 7) is 2.04. The number of ether oxygens (including phenoxy) is 1. The molecule has 0 unspecified atom stereocenters. The number of nitrogens with one attached hydrogen (secondary N) is 1. The number of methoxy groups -OCH3 is 1. The van der Waals surface area contributed by atoms with E-state index in [1.807, 2.05) is 59.7 Å². The van der Waals surface area contributed by atoms with Crippen LogP contribution in [0.5, 0.6) is 0 Å². The van der Waals surface area contributed by atoms with Crippen molar-refractivity contribution in [2.24, 2.45) is 0 Å². The summed E-state index contributed by atoms with van der Waals surface area (Å²) in [6.07, 6.45) is 2.01. The third kappa shape index (κ3) is 5.03. The third-order valence-electron chi connectivity index (χ3n) is 4.16. The van der Waals surface area contributed by atoms with E-state index in [1.165, 1.54) is 0 Å². The first-order valence-electron chi connectivity index (χ1n) is 8.80. The van der Waals surface area contributed by atoms with Gasteiger partial charge in [-0.25, -0.2) is 4.68 Å². The molecule has 142 valence electrons. The molecular formula is C20H24N4O2S. The van der Waals surface area contributed by atoms with Crippen LogP contribution in [0.2, 0.25) is 0 Å². The minimum absolute atomic E-state index is 0.0377. The molecule has 3 rings (SSSR count). The molecule has 0 spiro atoms. The molecule has 1 aromatic carbocycles. The maximum absolute atomic E-state index is 12.4. The zero-order valence-electron chi connectivity index (χ0n) is 15.6. The lowest BCUT2D eigenvalue weighted by Crippen LogP contribution is -2.36. The van der Waals surface area contributed by atoms with Gasteiger partial charge in [0.2, 0.25) is 5.91 Å². The number of thiophene rings is 1. The van der Waals surface area contributed by atoms with E-state index >= 15 is 0 Å². The van der Waals surface area contributed by atoms with E-state index in [1.54, 1.807) is 23.3 Å². The zero-order chi connectivity index (χ0) is 19.1. The van der Waals surface area contributed by atoms with Crippen LogP contribution < -0.4 is 5.32 Å². The van der Waals surface area contributed by atoms with Crippen LogP contribution >= 0.6 is 11.3 Å². The van der Waals surface area contributed by atoms with Crippen LogP contribution in [0.15, 0.2) is 54.0 Å². The minimum atomic E-state index is 0.0377. The van der Waals surface area contributed by atoms with Crippen molar-refractivity contribution >= 4 is 17.2 Å². The van der Waals surface area contributed by atoms with E-state index in [4.69, 9.17) is 9.84 Å². The average Bonchev–Trinajstić information content (AvgIpc) is 3.35. The number of likely N-dealkylation sites (N-methyl/N-ethyl adjacent to an activating group) is 1. The molecule has 0 radical (unpaired) electrons. The highest BCUT2D eigenvalue weighted by molar-refractivity contribution is 7.13. The van der Waals surface area contributed by atoms with Gasteiger partial charge in [0.05, 0.1) is 23.7 Å². The molecule has 0 aliphatic rings. The van der Waals surface area contributed by atoms with Crippen LogP contribution in [0.4, 0.5) is 0 Å². The van der Waals surface area contributed by atoms with Gasteiger partial charge in [0.25, 0.3) is 0 Å². The van der Waals surface area contributed by atoms with Crippen molar-refractivity contribution in [3.8, 4) is 16.3 Å². The average molecular weight is 385 g/mol. The van der Waals surface area contributed by atoms with E-state index in [0.29, 0.717) is 26.2 Å². The number of nitrogens with zero attached hydrogens (tertiary/aromatic N) is 3. The lowest BCUT2D eigenvalue weighted by molar-refractivity contribution is -0.129. The van der Waals surface area contributed by atoms with Crippen molar-refractivity contribution in [1.29, 1.82) is 0 Å². The van der Waals surface area contributed by atoms with Crippen LogP contribution in [0.1, 0.15) is 5.56 Å². The second kappa shape index (κ2) is 9.45. The SMILES string of the molecule is COCCNCC(=O)N(C)Cc1cn(-c2ccccc2)nc1-c1cccs1. The standard InChI is InChI=1S/C20H24N4O2S/c1-23(19(25)13-21-10-11-26-2)14-16-15-24(17-7-4-3-5-8-17)22-20(16)18-9-6-12-27-18/h3-9,12,15,21H,10-11,13-14H2,1-2H3. The summed E-state index contributed by atoms with van der Waals surface area (Å²) in [4.78, 5) is 15.2. The smallest absolute Gasteiger partial charge is 0.236 e. The number of carbonyl (C=O) groups excluding carboxylic acids is 1. The zero-order valence-corrected chi connectivity index (χ0v) is 16.4. The lowest BCUT2D eigenvalue weighted by Gasteiger charge is -2.17. The molecular weight excluding hydrogens is 360 g/mol. The van der Waals surface area contributed by atoms with Crippen molar-refractivity contribution in [2.45, 2.75) is 6.54 Å². The summed E-state index contributed by atoms with van der Waals surface area (Å²) in [7, 11) is 3.46. The summed E-state index contributed by atoms with van der Waals surface area (Å²) in [5, 5.41) is 9.91. The molecule has 2 heterocycles. The fraction of sp³-hybridized carbons (Fsp3) is 0.300. The first-order valence-corrected chi connectivity index (χ1v) is 9.68. The van der Waals surface area contributed by atoms with Crippen LogP contribution in [0, 0.1) is 0 Å². The second-order valence-corrected chi connectivity index (χ2v) is 7.13. The van der Waals surface area contributed by atoms with Crippen LogP contribution in [-0.4, -0.2) is 54.4 Å². The maximum atomic E-state index is 12.4. The molecule has 0 atom stereocenters. The van der Waals surface area contributed by atoms with Gasteiger partial charge in [-0.15, -0.1) is 11.3 Å². The van der Waals surface area contributed by atoms with Gasteiger partial charge in [0.1, 0.15) is 5.69 Å². The number of hydrogen-bond acceptors (Lipinski definition) is 5. The Balaban J connectivity index is 1.77. The first kappa shape index (κ1) is 19.3. The molecule has 2 aromatic heterocycles. The van der Waals surface area contributed by atoms with Gasteiger partial charge in [-0.2, -0.15) is 5.10 Å². The van der Waals surface area contributed by atoms with Gasteiger partial charge in [-0.3, -0.25) is 4.79 Å². The molecule has 1 N–H and O–H groups in total. The van der Waals surface area contributed by atoms with Crippen molar-refractivity contribution in [3.05, 3.63) is 59.6 Å². The fourth-order valence-electron chi connectivity index (χ4n) is 2.71. The minimum Gasteiger partial charge on any atom is -0.383 e.